The number of amides is 1. The predicted molar refractivity (Wildman–Crippen MR) is 82.7 cm³/mol. The summed E-state index contributed by atoms with van der Waals surface area (Å²) < 4.78 is 37.5. The molecule has 1 aromatic carbocycles. The number of carbonyl (C=O) groups is 1. The van der Waals surface area contributed by atoms with E-state index in [4.69, 9.17) is 0 Å². The van der Waals surface area contributed by atoms with Gasteiger partial charge in [0.05, 0.1) is 17.2 Å². The van der Waals surface area contributed by atoms with Crippen molar-refractivity contribution in [1.29, 1.82) is 0 Å². The van der Waals surface area contributed by atoms with Crippen LogP contribution in [0, 0.1) is 5.82 Å². The lowest BCUT2D eigenvalue weighted by molar-refractivity contribution is 0.0741. The molecule has 0 radical (unpaired) electrons. The van der Waals surface area contributed by atoms with Gasteiger partial charge in [-0.1, -0.05) is 0 Å². The molecule has 1 aliphatic heterocycles. The summed E-state index contributed by atoms with van der Waals surface area (Å²) in [5.41, 5.74) is 0.859. The van der Waals surface area contributed by atoms with Crippen LogP contribution in [-0.2, 0) is 9.84 Å². The Labute approximate surface area is 133 Å². The van der Waals surface area contributed by atoms with E-state index in [9.17, 15) is 17.6 Å². The number of halogens is 1. The quantitative estimate of drug-likeness (QED) is 0.845. The van der Waals surface area contributed by atoms with Crippen molar-refractivity contribution in [3.05, 3.63) is 48.0 Å². The topological polar surface area (TPSA) is 72.3 Å². The van der Waals surface area contributed by atoms with Crippen molar-refractivity contribution in [2.24, 2.45) is 0 Å². The van der Waals surface area contributed by atoms with Gasteiger partial charge in [0.25, 0.3) is 5.91 Å². The largest absolute Gasteiger partial charge is 0.336 e. The highest BCUT2D eigenvalue weighted by molar-refractivity contribution is 7.91. The lowest BCUT2D eigenvalue weighted by Crippen LogP contribution is -2.38. The van der Waals surface area contributed by atoms with Crippen LogP contribution < -0.4 is 0 Å². The summed E-state index contributed by atoms with van der Waals surface area (Å²) in [6.07, 6.45) is 2.06. The van der Waals surface area contributed by atoms with Gasteiger partial charge >= 0.3 is 0 Å². The van der Waals surface area contributed by atoms with E-state index in [2.05, 4.69) is 5.10 Å². The molecule has 8 heteroatoms. The van der Waals surface area contributed by atoms with E-state index in [1.165, 1.54) is 21.7 Å². The van der Waals surface area contributed by atoms with Crippen LogP contribution in [0.2, 0.25) is 0 Å². The lowest BCUT2D eigenvalue weighted by atomic mass is 10.2. The van der Waals surface area contributed by atoms with Crippen molar-refractivity contribution in [3.63, 3.8) is 0 Å². The van der Waals surface area contributed by atoms with E-state index in [0.29, 0.717) is 12.1 Å². The first-order chi connectivity index (χ1) is 10.9. The summed E-state index contributed by atoms with van der Waals surface area (Å²) in [7, 11) is -1.47. The van der Waals surface area contributed by atoms with E-state index in [1.54, 1.807) is 31.4 Å². The monoisotopic (exact) mass is 337 g/mol. The second kappa shape index (κ2) is 5.77. The Morgan fingerprint density at radius 3 is 2.61 bits per heavy atom. The van der Waals surface area contributed by atoms with E-state index in [1.807, 2.05) is 0 Å². The van der Waals surface area contributed by atoms with Crippen molar-refractivity contribution in [2.75, 3.05) is 18.6 Å². The minimum Gasteiger partial charge on any atom is -0.336 e. The standard InChI is InChI=1S/C15H16FN3O3S/c1-18(13-7-9-23(21,22)10-13)15(20)14-6-8-19(17-14)12-4-2-11(16)3-5-12/h2-6,8,13H,7,9-10H2,1H3/t13-/m0/s1. The zero-order chi connectivity index (χ0) is 16.6. The Hall–Kier alpha value is -2.22. The molecule has 0 unspecified atom stereocenters. The molecule has 0 aliphatic carbocycles. The van der Waals surface area contributed by atoms with Gasteiger partial charge in [0.1, 0.15) is 5.82 Å². The van der Waals surface area contributed by atoms with Crippen LogP contribution in [0.3, 0.4) is 0 Å². The average Bonchev–Trinajstić information content (AvgIpc) is 3.13. The molecule has 3 rings (SSSR count). The summed E-state index contributed by atoms with van der Waals surface area (Å²) >= 11 is 0. The van der Waals surface area contributed by atoms with E-state index in [-0.39, 0.29) is 35.0 Å². The highest BCUT2D eigenvalue weighted by Gasteiger charge is 2.33. The second-order valence-electron chi connectivity index (χ2n) is 5.59. The molecule has 2 heterocycles. The van der Waals surface area contributed by atoms with Crippen LogP contribution >= 0.6 is 0 Å². The first-order valence-electron chi connectivity index (χ1n) is 7.15. The zero-order valence-corrected chi connectivity index (χ0v) is 13.3. The highest BCUT2D eigenvalue weighted by atomic mass is 32.2. The fourth-order valence-corrected chi connectivity index (χ4v) is 4.38. The molecule has 0 bridgehead atoms. The smallest absolute Gasteiger partial charge is 0.274 e. The number of hydrogen-bond donors (Lipinski definition) is 0. The summed E-state index contributed by atoms with van der Waals surface area (Å²) in [4.78, 5) is 13.9. The predicted octanol–water partition coefficient (Wildman–Crippen LogP) is 1.27. The summed E-state index contributed by atoms with van der Waals surface area (Å²) in [6, 6.07) is 6.99. The van der Waals surface area contributed by atoms with E-state index >= 15 is 0 Å². The zero-order valence-electron chi connectivity index (χ0n) is 12.5. The lowest BCUT2D eigenvalue weighted by Gasteiger charge is -2.22. The van der Waals surface area contributed by atoms with Gasteiger partial charge in [0.15, 0.2) is 15.5 Å². The van der Waals surface area contributed by atoms with Gasteiger partial charge in [-0.2, -0.15) is 5.10 Å². The Morgan fingerprint density at radius 2 is 2.00 bits per heavy atom. The molecular formula is C15H16FN3O3S. The molecule has 0 N–H and O–H groups in total. The molecule has 1 amide bonds. The normalized spacial score (nSPS) is 19.7. The van der Waals surface area contributed by atoms with Gasteiger partial charge in [-0.25, -0.2) is 17.5 Å². The fraction of sp³-hybridized carbons (Fsp3) is 0.333. The molecule has 2 aromatic rings. The molecule has 0 saturated carbocycles. The van der Waals surface area contributed by atoms with Crippen LogP contribution in [0.5, 0.6) is 0 Å². The van der Waals surface area contributed by atoms with Crippen molar-refractivity contribution in [3.8, 4) is 5.69 Å². The van der Waals surface area contributed by atoms with Gasteiger partial charge in [0, 0.05) is 19.3 Å². The van der Waals surface area contributed by atoms with Crippen LogP contribution in [0.4, 0.5) is 4.39 Å². The molecule has 23 heavy (non-hydrogen) atoms. The van der Waals surface area contributed by atoms with Gasteiger partial charge in [-0.15, -0.1) is 0 Å². The maximum Gasteiger partial charge on any atom is 0.274 e. The molecule has 6 nitrogen and oxygen atoms in total. The number of nitrogens with zero attached hydrogens (tertiary/aromatic N) is 3. The molecule has 1 aromatic heterocycles. The molecule has 1 aliphatic rings. The SMILES string of the molecule is CN(C(=O)c1ccn(-c2ccc(F)cc2)n1)[C@H]1CCS(=O)(=O)C1. The number of aromatic nitrogens is 2. The molecule has 1 saturated heterocycles. The Balaban J connectivity index is 1.77. The third-order valence-corrected chi connectivity index (χ3v) is 5.73. The minimum absolute atomic E-state index is 0.00604. The van der Waals surface area contributed by atoms with Gasteiger partial charge in [-0.05, 0) is 36.8 Å². The van der Waals surface area contributed by atoms with Crippen LogP contribution in [0.15, 0.2) is 36.5 Å². The van der Waals surface area contributed by atoms with Crippen molar-refractivity contribution < 1.29 is 17.6 Å². The van der Waals surface area contributed by atoms with Gasteiger partial charge in [-0.3, -0.25) is 4.79 Å². The fourth-order valence-electron chi connectivity index (χ4n) is 2.60. The van der Waals surface area contributed by atoms with Crippen LogP contribution in [0.25, 0.3) is 5.69 Å². The molecule has 0 spiro atoms. The van der Waals surface area contributed by atoms with Crippen molar-refractivity contribution in [1.82, 2.24) is 14.7 Å². The molecule has 122 valence electrons. The van der Waals surface area contributed by atoms with Crippen molar-refractivity contribution >= 4 is 15.7 Å². The number of benzene rings is 1. The Morgan fingerprint density at radius 1 is 1.30 bits per heavy atom. The highest BCUT2D eigenvalue weighted by Crippen LogP contribution is 2.18. The Bertz CT molecular complexity index is 830. The van der Waals surface area contributed by atoms with Crippen molar-refractivity contribution in [2.45, 2.75) is 12.5 Å². The number of carbonyl (C=O) groups excluding carboxylic acids is 1. The van der Waals surface area contributed by atoms with Crippen LogP contribution in [-0.4, -0.2) is 53.6 Å². The third-order valence-electron chi connectivity index (χ3n) is 3.98. The summed E-state index contributed by atoms with van der Waals surface area (Å²) in [5, 5.41) is 4.19. The van der Waals surface area contributed by atoms with Gasteiger partial charge < -0.3 is 4.90 Å². The third kappa shape index (κ3) is 3.26. The molecule has 1 fully saturated rings. The summed E-state index contributed by atoms with van der Waals surface area (Å²) in [6.45, 7) is 0. The Kier molecular flexibility index (Phi) is 3.93. The number of rotatable bonds is 3. The molecular weight excluding hydrogens is 321 g/mol. The first-order valence-corrected chi connectivity index (χ1v) is 8.97. The average molecular weight is 337 g/mol. The summed E-state index contributed by atoms with van der Waals surface area (Å²) in [5.74, 6) is -0.569. The van der Waals surface area contributed by atoms with Gasteiger partial charge in [0.2, 0.25) is 0 Å². The van der Waals surface area contributed by atoms with E-state index in [0.717, 1.165) is 0 Å². The maximum absolute atomic E-state index is 12.9. The molecule has 1 atom stereocenters. The minimum atomic E-state index is -3.05. The second-order valence-corrected chi connectivity index (χ2v) is 7.82. The van der Waals surface area contributed by atoms with E-state index < -0.39 is 9.84 Å². The van der Waals surface area contributed by atoms with Crippen LogP contribution in [0.1, 0.15) is 16.9 Å². The first kappa shape index (κ1) is 15.7. The number of hydrogen-bond acceptors (Lipinski definition) is 4. The number of sulfone groups is 1. The maximum atomic E-state index is 12.9.